The molecule has 0 saturated heterocycles. The monoisotopic (exact) mass is 1020 g/mol. The smallest absolute Gasteiger partial charge is 0.454 e. The number of aryl methyl sites for hydroxylation is 1. The van der Waals surface area contributed by atoms with Crippen molar-refractivity contribution in [3.63, 3.8) is 0 Å². The molecule has 0 bridgehead atoms. The van der Waals surface area contributed by atoms with Crippen LogP contribution in [0.5, 0.6) is 5.75 Å². The van der Waals surface area contributed by atoms with Crippen molar-refractivity contribution in [2.24, 2.45) is 0 Å². The highest BCUT2D eigenvalue weighted by Gasteiger charge is 2.95. The Bertz CT molecular complexity index is 1870. The van der Waals surface area contributed by atoms with Crippen LogP contribution in [0.3, 0.4) is 0 Å². The molecule has 2 rings (SSSR count). The molecule has 0 amide bonds. The van der Waals surface area contributed by atoms with Crippen LogP contribution in [-0.4, -0.2) is 94.3 Å². The van der Waals surface area contributed by atoms with Gasteiger partial charge in [-0.3, -0.25) is 0 Å². The zero-order valence-electron chi connectivity index (χ0n) is 31.2. The molecule has 33 heteroatoms. The first-order valence-electron chi connectivity index (χ1n) is 17.0. The third-order valence-electron chi connectivity index (χ3n) is 8.49. The number of nitrogens with zero attached hydrogens (tertiary/aromatic N) is 2. The van der Waals surface area contributed by atoms with Gasteiger partial charge in [0, 0.05) is 18.0 Å². The first-order chi connectivity index (χ1) is 28.8. The van der Waals surface area contributed by atoms with Crippen LogP contribution >= 0.6 is 0 Å². The molecule has 5 nitrogen and oxygen atoms in total. The van der Waals surface area contributed by atoms with E-state index in [0.717, 1.165) is 60.1 Å². The van der Waals surface area contributed by atoms with Gasteiger partial charge < -0.3 is 4.74 Å². The summed E-state index contributed by atoms with van der Waals surface area (Å²) in [6.07, 6.45) is -39.2. The summed E-state index contributed by atoms with van der Waals surface area (Å²) in [5.74, 6) is -71.8. The number of unbranched alkanes of at least 4 members (excludes halogenated alkanes) is 5. The van der Waals surface area contributed by atoms with Crippen LogP contribution < -0.4 is 4.74 Å². The van der Waals surface area contributed by atoms with Gasteiger partial charge in [0.15, 0.2) is 5.82 Å². The van der Waals surface area contributed by atoms with Gasteiger partial charge in [0.05, 0.1) is 0 Å². The van der Waals surface area contributed by atoms with Gasteiger partial charge in [0.1, 0.15) is 5.75 Å². The molecule has 1 unspecified atom stereocenters. The lowest BCUT2D eigenvalue weighted by molar-refractivity contribution is -0.559. The molecule has 0 fully saturated rings. The van der Waals surface area contributed by atoms with E-state index in [2.05, 4.69) is 14.7 Å². The minimum absolute atomic E-state index is 0.106. The molecule has 1 atom stereocenters. The van der Waals surface area contributed by atoms with Crippen LogP contribution in [0.2, 0.25) is 0 Å². The summed E-state index contributed by atoms with van der Waals surface area (Å²) >= 11 is 0. The highest BCUT2D eigenvalue weighted by Crippen LogP contribution is 2.64. The average Bonchev–Trinajstić information content (AvgIpc) is 3.14. The first-order valence-corrected chi connectivity index (χ1v) is 17.0. The molecule has 0 radical (unpaired) electrons. The molecular weight excluding hydrogens is 992 g/mol. The Labute approximate surface area is 343 Å². The van der Waals surface area contributed by atoms with E-state index in [1.807, 2.05) is 6.92 Å². The highest BCUT2D eigenvalue weighted by molar-refractivity contribution is 5.56. The Hall–Kier alpha value is -3.94. The number of hydrogen-bond donors (Lipinski definition) is 0. The van der Waals surface area contributed by atoms with Gasteiger partial charge in [-0.25, -0.2) is 19.4 Å². The standard InChI is InChI=1S/C32H24F28N2O3/c1-2-3-4-5-6-7-8-15-13-61-18(62-14-15)16-9-11-17(12-10-16)63-19(33)20(34,35)21(36,37)22(38,39)23(40,41)24(42,43)26(46,47)29(53,54)64-31(57,58)32(59,60)65-30(55,56)27(48,49)25(44,45)28(50,51)52/h9-14,19H,2-8H2,1H3. The van der Waals surface area contributed by atoms with Gasteiger partial charge in [-0.05, 0) is 42.7 Å². The van der Waals surface area contributed by atoms with E-state index >= 15 is 0 Å². The van der Waals surface area contributed by atoms with Crippen LogP contribution in [-0.2, 0) is 15.9 Å². The van der Waals surface area contributed by atoms with Crippen molar-refractivity contribution >= 4 is 0 Å². The third kappa shape index (κ3) is 10.3. The summed E-state index contributed by atoms with van der Waals surface area (Å²) in [5, 5.41) is 0. The molecule has 1 heterocycles. The summed E-state index contributed by atoms with van der Waals surface area (Å²) in [4.78, 5) is 7.91. The zero-order chi connectivity index (χ0) is 51.1. The normalized spacial score (nSPS) is 15.6. The average molecular weight is 1020 g/mol. The summed E-state index contributed by atoms with van der Waals surface area (Å²) < 4.78 is 388. The Balaban J connectivity index is 2.36. The maximum Gasteiger partial charge on any atom is 0.460 e. The fourth-order valence-corrected chi connectivity index (χ4v) is 4.67. The number of rotatable bonds is 24. The number of aromatic nitrogens is 2. The van der Waals surface area contributed by atoms with Gasteiger partial charge >= 0.3 is 84.3 Å². The Kier molecular flexibility index (Phi) is 16.1. The second-order valence-corrected chi connectivity index (χ2v) is 13.3. The van der Waals surface area contributed by atoms with E-state index in [1.54, 1.807) is 0 Å². The quantitative estimate of drug-likeness (QED) is 0.0775. The second-order valence-electron chi connectivity index (χ2n) is 13.3. The molecular formula is C32H24F28N2O3. The molecule has 0 N–H and O–H groups in total. The van der Waals surface area contributed by atoms with Crippen molar-refractivity contribution in [1.82, 2.24) is 9.97 Å². The van der Waals surface area contributed by atoms with E-state index < -0.39 is 90.1 Å². The lowest BCUT2D eigenvalue weighted by Gasteiger charge is -2.43. The lowest BCUT2D eigenvalue weighted by atomic mass is 9.91. The molecule has 1 aromatic carbocycles. The second kappa shape index (κ2) is 18.3. The van der Waals surface area contributed by atoms with Crippen LogP contribution in [0.4, 0.5) is 123 Å². The zero-order valence-corrected chi connectivity index (χ0v) is 31.2. The number of halogens is 28. The van der Waals surface area contributed by atoms with E-state index in [-0.39, 0.29) is 11.4 Å². The first kappa shape index (κ1) is 57.2. The molecule has 0 aliphatic rings. The number of ether oxygens (including phenoxy) is 3. The van der Waals surface area contributed by atoms with Crippen molar-refractivity contribution in [2.45, 2.75) is 136 Å². The Morgan fingerprint density at radius 1 is 0.446 bits per heavy atom. The van der Waals surface area contributed by atoms with Gasteiger partial charge in [-0.2, -0.15) is 123 Å². The molecule has 1 aromatic heterocycles. The SMILES string of the molecule is CCCCCCCCc1cnc(-c2ccc(OC(F)C(F)(F)C(F)(F)C(F)(F)C(F)(F)C(F)(F)C(F)(F)C(F)(F)OC(F)(F)C(F)(F)OC(F)(F)C(F)(F)C(F)(F)C(F)(F)F)cc2)nc1. The molecule has 0 aliphatic heterocycles. The number of benzene rings is 1. The topological polar surface area (TPSA) is 53.5 Å². The minimum Gasteiger partial charge on any atom is -0.454 e. The fraction of sp³-hybridized carbons (Fsp3) is 0.688. The van der Waals surface area contributed by atoms with Crippen LogP contribution in [0.1, 0.15) is 51.0 Å². The maximum absolute atomic E-state index is 14.4. The number of hydrogen-bond acceptors (Lipinski definition) is 5. The lowest BCUT2D eigenvalue weighted by Crippen LogP contribution is -2.74. The van der Waals surface area contributed by atoms with Gasteiger partial charge in [0.25, 0.3) is 0 Å². The van der Waals surface area contributed by atoms with Gasteiger partial charge in [-0.1, -0.05) is 39.0 Å². The predicted molar refractivity (Wildman–Crippen MR) is 158 cm³/mol. The van der Waals surface area contributed by atoms with Crippen molar-refractivity contribution in [1.29, 1.82) is 0 Å². The van der Waals surface area contributed by atoms with E-state index in [9.17, 15) is 123 Å². The maximum atomic E-state index is 14.4. The van der Waals surface area contributed by atoms with Gasteiger partial charge in [0.2, 0.25) is 0 Å². The summed E-state index contributed by atoms with van der Waals surface area (Å²) in [5.41, 5.74) is 0.518. The highest BCUT2D eigenvalue weighted by atomic mass is 19.4. The summed E-state index contributed by atoms with van der Waals surface area (Å²) in [7, 11) is 0. The predicted octanol–water partition coefficient (Wildman–Crippen LogP) is 13.8. The van der Waals surface area contributed by atoms with E-state index in [1.165, 1.54) is 12.4 Å². The Morgan fingerprint density at radius 2 is 0.815 bits per heavy atom. The van der Waals surface area contributed by atoms with Crippen molar-refractivity contribution in [3.8, 4) is 17.1 Å². The van der Waals surface area contributed by atoms with E-state index in [4.69, 9.17) is 0 Å². The molecule has 0 saturated carbocycles. The fourth-order valence-electron chi connectivity index (χ4n) is 4.67. The molecule has 0 spiro atoms. The van der Waals surface area contributed by atoms with Crippen LogP contribution in [0.15, 0.2) is 36.7 Å². The molecule has 65 heavy (non-hydrogen) atoms. The summed E-state index contributed by atoms with van der Waals surface area (Å²) in [6, 6.07) is 2.16. The largest absolute Gasteiger partial charge is 0.460 e. The van der Waals surface area contributed by atoms with Crippen molar-refractivity contribution < 1.29 is 137 Å². The molecule has 376 valence electrons. The van der Waals surface area contributed by atoms with E-state index in [0.29, 0.717) is 24.1 Å². The number of alkyl halides is 28. The molecule has 0 aliphatic carbocycles. The van der Waals surface area contributed by atoms with Gasteiger partial charge in [-0.15, -0.1) is 0 Å². The third-order valence-corrected chi connectivity index (χ3v) is 8.49. The van der Waals surface area contributed by atoms with Crippen molar-refractivity contribution in [3.05, 3.63) is 42.2 Å². The van der Waals surface area contributed by atoms with Crippen LogP contribution in [0.25, 0.3) is 11.4 Å². The van der Waals surface area contributed by atoms with Crippen LogP contribution in [0, 0.1) is 0 Å². The van der Waals surface area contributed by atoms with Crippen molar-refractivity contribution in [2.75, 3.05) is 0 Å². The minimum atomic E-state index is -9.39. The summed E-state index contributed by atoms with van der Waals surface area (Å²) in [6.45, 7) is 2.01. The Morgan fingerprint density at radius 3 is 1.23 bits per heavy atom. The molecule has 2 aromatic rings.